The molecule has 0 bridgehead atoms. The maximum Gasteiger partial charge on any atom is 0.224 e. The Kier molecular flexibility index (Phi) is 4.68. The molecule has 7 nitrogen and oxygen atoms in total. The summed E-state index contributed by atoms with van der Waals surface area (Å²) in [5.74, 6) is 1.58. The van der Waals surface area contributed by atoms with Gasteiger partial charge in [0.2, 0.25) is 11.9 Å². The highest BCUT2D eigenvalue weighted by Crippen LogP contribution is 2.44. The van der Waals surface area contributed by atoms with Crippen molar-refractivity contribution in [2.45, 2.75) is 57.4 Å². The van der Waals surface area contributed by atoms with Crippen molar-refractivity contribution in [3.8, 4) is 0 Å². The van der Waals surface area contributed by atoms with Crippen molar-refractivity contribution < 1.29 is 4.79 Å². The van der Waals surface area contributed by atoms with Gasteiger partial charge in [0, 0.05) is 44.1 Å². The average Bonchev–Trinajstić information content (AvgIpc) is 3.30. The number of likely N-dealkylation sites (tertiary alicyclic amines) is 1. The Morgan fingerprint density at radius 3 is 2.97 bits per heavy atom. The third-order valence-corrected chi connectivity index (χ3v) is 6.79. The number of carbonyl (C=O) groups is 1. The number of imidazole rings is 1. The quantitative estimate of drug-likeness (QED) is 0.722. The smallest absolute Gasteiger partial charge is 0.224 e. The van der Waals surface area contributed by atoms with Crippen LogP contribution in [0, 0.1) is 0 Å². The predicted molar refractivity (Wildman–Crippen MR) is 116 cm³/mol. The molecule has 1 aliphatic heterocycles. The minimum absolute atomic E-state index is 0.0589. The van der Waals surface area contributed by atoms with Gasteiger partial charge >= 0.3 is 0 Å². The fourth-order valence-electron chi connectivity index (χ4n) is 5.31. The molecule has 7 heteroatoms. The first-order valence-corrected chi connectivity index (χ1v) is 10.9. The number of anilines is 1. The van der Waals surface area contributed by atoms with Crippen LogP contribution in [0.25, 0.3) is 11.0 Å². The van der Waals surface area contributed by atoms with E-state index in [4.69, 9.17) is 10.7 Å². The second kappa shape index (κ2) is 7.38. The third kappa shape index (κ3) is 3.13. The highest BCUT2D eigenvalue weighted by molar-refractivity contribution is 5.78. The molecule has 1 amide bonds. The summed E-state index contributed by atoms with van der Waals surface area (Å²) in [5.41, 5.74) is 10.2. The number of fused-ring (bicyclic) bond motifs is 3. The molecular formula is C23H28N6O. The predicted octanol–water partition coefficient (Wildman–Crippen LogP) is 2.87. The number of amides is 1. The molecule has 2 aromatic heterocycles. The van der Waals surface area contributed by atoms with Gasteiger partial charge in [0.25, 0.3) is 0 Å². The summed E-state index contributed by atoms with van der Waals surface area (Å²) in [6, 6.07) is 8.15. The second-order valence-electron chi connectivity index (χ2n) is 8.57. The van der Waals surface area contributed by atoms with Crippen LogP contribution in [0.4, 0.5) is 5.95 Å². The van der Waals surface area contributed by atoms with Crippen molar-refractivity contribution in [2.75, 3.05) is 18.8 Å². The lowest BCUT2D eigenvalue weighted by Crippen LogP contribution is -2.48. The van der Waals surface area contributed by atoms with E-state index in [1.54, 1.807) is 0 Å². The first-order valence-electron chi connectivity index (χ1n) is 10.9. The fourth-order valence-corrected chi connectivity index (χ4v) is 5.31. The summed E-state index contributed by atoms with van der Waals surface area (Å²) in [5, 5.41) is 0. The van der Waals surface area contributed by atoms with E-state index in [0.717, 1.165) is 67.7 Å². The van der Waals surface area contributed by atoms with E-state index in [-0.39, 0.29) is 11.3 Å². The van der Waals surface area contributed by atoms with Gasteiger partial charge in [-0.25, -0.2) is 15.0 Å². The van der Waals surface area contributed by atoms with E-state index in [2.05, 4.69) is 27.5 Å². The van der Waals surface area contributed by atoms with E-state index >= 15 is 0 Å². The lowest BCUT2D eigenvalue weighted by molar-refractivity contribution is -0.133. The van der Waals surface area contributed by atoms with Gasteiger partial charge in [-0.2, -0.15) is 0 Å². The van der Waals surface area contributed by atoms with E-state index in [1.807, 2.05) is 29.3 Å². The molecule has 3 heterocycles. The number of hydrogen-bond acceptors (Lipinski definition) is 5. The van der Waals surface area contributed by atoms with Crippen LogP contribution in [-0.2, 0) is 29.6 Å². The van der Waals surface area contributed by atoms with Crippen LogP contribution in [0.15, 0.2) is 30.5 Å². The zero-order valence-corrected chi connectivity index (χ0v) is 17.5. The molecular weight excluding hydrogens is 376 g/mol. The molecule has 2 N–H and O–H groups in total. The lowest BCUT2D eigenvalue weighted by Gasteiger charge is -2.40. The molecule has 1 atom stereocenters. The van der Waals surface area contributed by atoms with Gasteiger partial charge in [-0.05, 0) is 43.4 Å². The minimum Gasteiger partial charge on any atom is -0.368 e. The number of nitrogens with two attached hydrogens (primary N) is 1. The number of nitrogen functional groups attached to an aromatic ring is 1. The van der Waals surface area contributed by atoms with Gasteiger partial charge in [0.15, 0.2) is 0 Å². The van der Waals surface area contributed by atoms with Crippen LogP contribution in [0.2, 0.25) is 0 Å². The first-order chi connectivity index (χ1) is 14.6. The molecule has 30 heavy (non-hydrogen) atoms. The van der Waals surface area contributed by atoms with E-state index in [9.17, 15) is 4.79 Å². The molecule has 1 spiro atoms. The van der Waals surface area contributed by atoms with Crippen LogP contribution in [0.5, 0.6) is 0 Å². The van der Waals surface area contributed by atoms with E-state index < -0.39 is 0 Å². The van der Waals surface area contributed by atoms with Gasteiger partial charge in [0.1, 0.15) is 5.82 Å². The van der Waals surface area contributed by atoms with Crippen molar-refractivity contribution in [1.29, 1.82) is 0 Å². The number of hydrogen-bond donors (Lipinski definition) is 1. The molecule has 1 aromatic carbocycles. The Morgan fingerprint density at radius 1 is 1.23 bits per heavy atom. The molecule has 2 aliphatic rings. The number of nitrogens with zero attached hydrogens (tertiary/aromatic N) is 5. The molecule has 3 aromatic rings. The Bertz CT molecular complexity index is 1100. The maximum atomic E-state index is 13.2. The Morgan fingerprint density at radius 2 is 2.10 bits per heavy atom. The summed E-state index contributed by atoms with van der Waals surface area (Å²) in [6.07, 6.45) is 7.27. The van der Waals surface area contributed by atoms with Crippen LogP contribution >= 0.6 is 0 Å². The Hall–Kier alpha value is -2.96. The molecule has 1 aliphatic carbocycles. The Labute approximate surface area is 176 Å². The summed E-state index contributed by atoms with van der Waals surface area (Å²) < 4.78 is 2.20. The molecule has 1 fully saturated rings. The fraction of sp³-hybridized carbons (Fsp3) is 0.478. The average molecular weight is 405 g/mol. The normalized spacial score (nSPS) is 20.8. The summed E-state index contributed by atoms with van der Waals surface area (Å²) in [7, 11) is 0. The van der Waals surface area contributed by atoms with Gasteiger partial charge in [0.05, 0.1) is 16.7 Å². The summed E-state index contributed by atoms with van der Waals surface area (Å²) >= 11 is 0. The number of para-hydroxylation sites is 2. The SMILES string of the molecule is CCc1nc2ccccc2n1CCC(=O)N1CCCC2(CCc3cnc(N)nc32)C1. The number of piperidine rings is 1. The highest BCUT2D eigenvalue weighted by Gasteiger charge is 2.44. The largest absolute Gasteiger partial charge is 0.368 e. The van der Waals surface area contributed by atoms with Crippen molar-refractivity contribution in [2.24, 2.45) is 0 Å². The van der Waals surface area contributed by atoms with Gasteiger partial charge in [-0.15, -0.1) is 0 Å². The zero-order chi connectivity index (χ0) is 20.7. The molecule has 156 valence electrons. The van der Waals surface area contributed by atoms with E-state index in [1.165, 1.54) is 5.56 Å². The first kappa shape index (κ1) is 19.0. The van der Waals surface area contributed by atoms with E-state index in [0.29, 0.717) is 18.9 Å². The van der Waals surface area contributed by atoms with Crippen molar-refractivity contribution in [1.82, 2.24) is 24.4 Å². The van der Waals surface area contributed by atoms with Crippen molar-refractivity contribution >= 4 is 22.9 Å². The molecule has 5 rings (SSSR count). The number of aromatic nitrogens is 4. The number of rotatable bonds is 4. The molecule has 1 unspecified atom stereocenters. The van der Waals surface area contributed by atoms with Crippen molar-refractivity contribution in [3.05, 3.63) is 47.5 Å². The zero-order valence-electron chi connectivity index (χ0n) is 17.5. The number of benzene rings is 1. The monoisotopic (exact) mass is 404 g/mol. The minimum atomic E-state index is -0.0589. The van der Waals surface area contributed by atoms with Crippen molar-refractivity contribution in [3.63, 3.8) is 0 Å². The number of carbonyl (C=O) groups excluding carboxylic acids is 1. The Balaban J connectivity index is 1.33. The highest BCUT2D eigenvalue weighted by atomic mass is 16.2. The molecule has 0 radical (unpaired) electrons. The van der Waals surface area contributed by atoms with Crippen LogP contribution in [-0.4, -0.2) is 43.4 Å². The van der Waals surface area contributed by atoms with Crippen LogP contribution in [0.3, 0.4) is 0 Å². The molecule has 1 saturated heterocycles. The summed E-state index contributed by atoms with van der Waals surface area (Å²) in [4.78, 5) is 28.7. The van der Waals surface area contributed by atoms with Gasteiger partial charge in [-0.1, -0.05) is 19.1 Å². The topological polar surface area (TPSA) is 89.9 Å². The summed E-state index contributed by atoms with van der Waals surface area (Å²) in [6.45, 7) is 4.33. The lowest BCUT2D eigenvalue weighted by atomic mass is 9.77. The molecule has 0 saturated carbocycles. The maximum absolute atomic E-state index is 13.2. The van der Waals surface area contributed by atoms with Gasteiger partial charge < -0.3 is 15.2 Å². The second-order valence-corrected chi connectivity index (χ2v) is 8.57. The standard InChI is InChI=1S/C23H28N6O/c1-2-19-26-17-6-3-4-7-18(17)29(19)13-9-20(30)28-12-5-10-23(15-28)11-8-16-14-25-22(24)27-21(16)23/h3-4,6-7,14H,2,5,8-13,15H2,1H3,(H2,24,25,27). The van der Waals surface area contributed by atoms with Gasteiger partial charge in [-0.3, -0.25) is 4.79 Å². The third-order valence-electron chi connectivity index (χ3n) is 6.79. The number of aryl methyl sites for hydroxylation is 3. The van der Waals surface area contributed by atoms with Crippen LogP contribution < -0.4 is 5.73 Å². The van der Waals surface area contributed by atoms with Crippen LogP contribution in [0.1, 0.15) is 49.7 Å².